The standard InChI is InChI=1S/C47H32NOPS/c49-50(38-22-12-4-13-23-38,39-24-14-5-15-25-39)40-29-26-33(27-30-40)37-28-31-42-41(32-37)47-44(45(48-42)35-18-8-2-9-19-35)43(34-16-6-1-7-17-34)46(51-47)36-20-10-3-11-21-36/h1-32H. The lowest BCUT2D eigenvalue weighted by atomic mass is 9.94. The van der Waals surface area contributed by atoms with Crippen molar-refractivity contribution >= 4 is 55.4 Å². The zero-order chi connectivity index (χ0) is 34.2. The first-order valence-electron chi connectivity index (χ1n) is 17.1. The fourth-order valence-electron chi connectivity index (χ4n) is 7.08. The molecule has 0 N–H and O–H groups in total. The molecule has 7 aromatic carbocycles. The third-order valence-electron chi connectivity index (χ3n) is 9.57. The van der Waals surface area contributed by atoms with Crippen molar-refractivity contribution in [1.82, 2.24) is 4.98 Å². The van der Waals surface area contributed by atoms with Crippen LogP contribution in [0.2, 0.25) is 0 Å². The Hall–Kier alpha value is -5.86. The first-order chi connectivity index (χ1) is 25.2. The first-order valence-corrected chi connectivity index (χ1v) is 19.6. The van der Waals surface area contributed by atoms with Crippen molar-refractivity contribution in [3.05, 3.63) is 194 Å². The van der Waals surface area contributed by atoms with Gasteiger partial charge in [-0.1, -0.05) is 182 Å². The van der Waals surface area contributed by atoms with E-state index in [9.17, 15) is 4.57 Å². The fraction of sp³-hybridized carbons (Fsp3) is 0. The van der Waals surface area contributed by atoms with Crippen LogP contribution in [0.1, 0.15) is 0 Å². The predicted octanol–water partition coefficient (Wildman–Crippen LogP) is 11.8. The van der Waals surface area contributed by atoms with Crippen LogP contribution >= 0.6 is 18.5 Å². The van der Waals surface area contributed by atoms with Crippen molar-refractivity contribution in [2.45, 2.75) is 0 Å². The zero-order valence-electron chi connectivity index (χ0n) is 27.7. The molecule has 0 saturated heterocycles. The van der Waals surface area contributed by atoms with Crippen molar-refractivity contribution < 1.29 is 4.57 Å². The Labute approximate surface area is 301 Å². The van der Waals surface area contributed by atoms with Crippen LogP contribution in [0.15, 0.2) is 194 Å². The zero-order valence-corrected chi connectivity index (χ0v) is 29.4. The Morgan fingerprint density at radius 1 is 0.431 bits per heavy atom. The summed E-state index contributed by atoms with van der Waals surface area (Å²) in [5.74, 6) is 0. The predicted molar refractivity (Wildman–Crippen MR) is 218 cm³/mol. The van der Waals surface area contributed by atoms with Gasteiger partial charge in [-0.25, -0.2) is 4.98 Å². The summed E-state index contributed by atoms with van der Waals surface area (Å²) >= 11 is 1.84. The summed E-state index contributed by atoms with van der Waals surface area (Å²) in [6.07, 6.45) is 0. The van der Waals surface area contributed by atoms with Gasteiger partial charge in [0.25, 0.3) is 0 Å². The molecular formula is C47H32NOPS. The fourth-order valence-corrected chi connectivity index (χ4v) is 11.1. The summed E-state index contributed by atoms with van der Waals surface area (Å²) in [6.45, 7) is 0. The van der Waals surface area contributed by atoms with Crippen molar-refractivity contribution in [2.75, 3.05) is 0 Å². The Morgan fingerprint density at radius 2 is 0.902 bits per heavy atom. The highest BCUT2D eigenvalue weighted by Crippen LogP contribution is 2.50. The van der Waals surface area contributed by atoms with E-state index in [1.54, 1.807) is 0 Å². The van der Waals surface area contributed by atoms with E-state index in [4.69, 9.17) is 4.98 Å². The average Bonchev–Trinajstić information content (AvgIpc) is 3.63. The Kier molecular flexibility index (Phi) is 8.01. The van der Waals surface area contributed by atoms with Gasteiger partial charge in [0.15, 0.2) is 7.14 Å². The molecule has 0 radical (unpaired) electrons. The number of hydrogen-bond donors (Lipinski definition) is 0. The molecule has 242 valence electrons. The van der Waals surface area contributed by atoms with Gasteiger partial charge >= 0.3 is 0 Å². The normalized spacial score (nSPS) is 11.6. The third kappa shape index (κ3) is 5.52. The van der Waals surface area contributed by atoms with E-state index in [0.29, 0.717) is 0 Å². The number of rotatable bonds is 7. The number of pyridine rings is 1. The van der Waals surface area contributed by atoms with Crippen molar-refractivity contribution in [2.24, 2.45) is 0 Å². The van der Waals surface area contributed by atoms with Crippen molar-refractivity contribution in [3.8, 4) is 44.0 Å². The van der Waals surface area contributed by atoms with Gasteiger partial charge in [-0.2, -0.15) is 0 Å². The van der Waals surface area contributed by atoms with E-state index in [-0.39, 0.29) is 0 Å². The molecule has 2 aromatic heterocycles. The summed E-state index contributed by atoms with van der Waals surface area (Å²) in [7, 11) is -3.06. The van der Waals surface area contributed by atoms with Crippen LogP contribution in [0, 0.1) is 0 Å². The molecule has 0 atom stereocenters. The highest BCUT2D eigenvalue weighted by atomic mass is 32.1. The van der Waals surface area contributed by atoms with Gasteiger partial charge in [0.2, 0.25) is 0 Å². The molecule has 2 heterocycles. The smallest absolute Gasteiger partial charge is 0.171 e. The lowest BCUT2D eigenvalue weighted by molar-refractivity contribution is 0.592. The maximum absolute atomic E-state index is 15.0. The number of thiophene rings is 1. The number of hydrogen-bond acceptors (Lipinski definition) is 3. The minimum atomic E-state index is -3.06. The molecule has 0 aliphatic heterocycles. The van der Waals surface area contributed by atoms with Crippen LogP contribution < -0.4 is 15.9 Å². The van der Waals surface area contributed by atoms with E-state index in [1.807, 2.05) is 84.1 Å². The Bertz CT molecular complexity index is 2630. The van der Waals surface area contributed by atoms with E-state index >= 15 is 0 Å². The van der Waals surface area contributed by atoms with Crippen LogP contribution in [-0.4, -0.2) is 4.98 Å². The second-order valence-electron chi connectivity index (χ2n) is 12.6. The second-order valence-corrected chi connectivity index (χ2v) is 16.4. The van der Waals surface area contributed by atoms with Crippen molar-refractivity contribution in [1.29, 1.82) is 0 Å². The van der Waals surface area contributed by atoms with Crippen LogP contribution in [0.4, 0.5) is 0 Å². The molecule has 4 heteroatoms. The molecule has 2 nitrogen and oxygen atoms in total. The molecule has 0 aliphatic carbocycles. The van der Waals surface area contributed by atoms with Crippen LogP contribution in [0.3, 0.4) is 0 Å². The molecule has 0 saturated carbocycles. The summed E-state index contributed by atoms with van der Waals surface area (Å²) in [6, 6.07) is 66.5. The number of benzene rings is 7. The molecular weight excluding hydrogens is 658 g/mol. The van der Waals surface area contributed by atoms with Gasteiger partial charge in [-0.05, 0) is 34.4 Å². The lowest BCUT2D eigenvalue weighted by Gasteiger charge is -2.20. The van der Waals surface area contributed by atoms with Gasteiger partial charge in [-0.3, -0.25) is 0 Å². The molecule has 0 unspecified atom stereocenters. The van der Waals surface area contributed by atoms with Gasteiger partial charge in [0.1, 0.15) is 0 Å². The molecule has 0 aliphatic rings. The SMILES string of the molecule is O=P(c1ccccc1)(c1ccccc1)c1ccc(-c2ccc3nc(-c4ccccc4)c4c(-c5ccccc5)c(-c5ccccc5)sc4c3c2)cc1. The summed E-state index contributed by atoms with van der Waals surface area (Å²) in [5, 5.41) is 4.77. The van der Waals surface area contributed by atoms with E-state index in [0.717, 1.165) is 49.2 Å². The van der Waals surface area contributed by atoms with Gasteiger partial charge in [0.05, 0.1) is 11.2 Å². The highest BCUT2D eigenvalue weighted by Gasteiger charge is 2.29. The van der Waals surface area contributed by atoms with E-state index in [2.05, 4.69) is 121 Å². The summed E-state index contributed by atoms with van der Waals surface area (Å²) in [4.78, 5) is 6.62. The molecule has 0 spiro atoms. The highest BCUT2D eigenvalue weighted by molar-refractivity contribution is 7.85. The topological polar surface area (TPSA) is 30.0 Å². The summed E-state index contributed by atoms with van der Waals surface area (Å²) in [5.41, 5.74) is 8.78. The van der Waals surface area contributed by atoms with Gasteiger partial charge in [-0.15, -0.1) is 11.3 Å². The molecule has 51 heavy (non-hydrogen) atoms. The van der Waals surface area contributed by atoms with Crippen LogP contribution in [0.5, 0.6) is 0 Å². The summed E-state index contributed by atoms with van der Waals surface area (Å²) < 4.78 is 16.2. The molecule has 0 amide bonds. The maximum atomic E-state index is 15.0. The van der Waals surface area contributed by atoms with Crippen molar-refractivity contribution in [3.63, 3.8) is 0 Å². The van der Waals surface area contributed by atoms with Gasteiger partial charge < -0.3 is 4.57 Å². The largest absolute Gasteiger partial charge is 0.309 e. The maximum Gasteiger partial charge on any atom is 0.171 e. The second kappa shape index (κ2) is 13.1. The van der Waals surface area contributed by atoms with E-state index in [1.165, 1.54) is 31.7 Å². The molecule has 0 fully saturated rings. The number of nitrogens with zero attached hydrogens (tertiary/aromatic N) is 1. The number of fused-ring (bicyclic) bond motifs is 3. The van der Waals surface area contributed by atoms with Crippen LogP contribution in [-0.2, 0) is 4.57 Å². The minimum Gasteiger partial charge on any atom is -0.309 e. The lowest BCUT2D eigenvalue weighted by Crippen LogP contribution is -2.24. The average molecular weight is 690 g/mol. The molecule has 9 rings (SSSR count). The first kappa shape index (κ1) is 31.1. The Balaban J connectivity index is 1.25. The quantitative estimate of drug-likeness (QED) is 0.156. The van der Waals surface area contributed by atoms with Crippen LogP contribution in [0.25, 0.3) is 64.9 Å². The van der Waals surface area contributed by atoms with Gasteiger partial charge in [0, 0.05) is 47.4 Å². The molecule has 9 aromatic rings. The Morgan fingerprint density at radius 3 is 1.47 bits per heavy atom. The van der Waals surface area contributed by atoms with E-state index < -0.39 is 7.14 Å². The minimum absolute atomic E-state index is 0.819. The third-order valence-corrected chi connectivity index (χ3v) is 13.9. The number of aromatic nitrogens is 1. The monoisotopic (exact) mass is 689 g/mol. The molecule has 0 bridgehead atoms.